The second kappa shape index (κ2) is 10.7. The zero-order valence-corrected chi connectivity index (χ0v) is 21.6. The van der Waals surface area contributed by atoms with Gasteiger partial charge in [-0.3, -0.25) is 4.79 Å². The number of aromatic hydroxyl groups is 1. The Hall–Kier alpha value is -2.04. The molecule has 0 bridgehead atoms. The first-order chi connectivity index (χ1) is 14.9. The van der Waals surface area contributed by atoms with Crippen molar-refractivity contribution in [2.24, 2.45) is 0 Å². The topological polar surface area (TPSA) is 82.3 Å². The van der Waals surface area contributed by atoms with Crippen molar-refractivity contribution in [2.45, 2.75) is 51.2 Å². The van der Waals surface area contributed by atoms with Gasteiger partial charge in [-0.05, 0) is 54.4 Å². The van der Waals surface area contributed by atoms with E-state index in [9.17, 15) is 9.90 Å². The van der Waals surface area contributed by atoms with E-state index in [4.69, 9.17) is 32.9 Å². The molecular formula is C24H30Cl2N2O3Si. The Bertz CT molecular complexity index is 1010. The van der Waals surface area contributed by atoms with Crippen LogP contribution in [0, 0.1) is 11.3 Å². The van der Waals surface area contributed by atoms with Gasteiger partial charge in [0, 0.05) is 19.1 Å². The van der Waals surface area contributed by atoms with Gasteiger partial charge in [0.1, 0.15) is 11.8 Å². The second-order valence-electron chi connectivity index (χ2n) is 9.29. The lowest BCUT2D eigenvalue weighted by atomic mass is 9.95. The van der Waals surface area contributed by atoms with Crippen molar-refractivity contribution in [3.05, 3.63) is 63.1 Å². The summed E-state index contributed by atoms with van der Waals surface area (Å²) >= 11 is 12.3. The number of nitriles is 1. The fourth-order valence-electron chi connectivity index (χ4n) is 2.95. The van der Waals surface area contributed by atoms with Gasteiger partial charge in [-0.25, -0.2) is 0 Å². The van der Waals surface area contributed by atoms with E-state index in [1.165, 1.54) is 12.1 Å². The van der Waals surface area contributed by atoms with E-state index in [0.29, 0.717) is 29.6 Å². The van der Waals surface area contributed by atoms with Crippen LogP contribution in [0.1, 0.15) is 54.6 Å². The molecule has 2 aromatic rings. The van der Waals surface area contributed by atoms with Crippen molar-refractivity contribution in [3.63, 3.8) is 0 Å². The molecule has 172 valence electrons. The highest BCUT2D eigenvalue weighted by atomic mass is 35.5. The summed E-state index contributed by atoms with van der Waals surface area (Å²) in [5, 5.41) is 23.2. The zero-order valence-electron chi connectivity index (χ0n) is 19.1. The monoisotopic (exact) mass is 492 g/mol. The molecular weight excluding hydrogens is 463 g/mol. The molecule has 0 aliphatic heterocycles. The largest absolute Gasteiger partial charge is 0.506 e. The number of rotatable bonds is 8. The first-order valence-corrected chi connectivity index (χ1v) is 14.1. The van der Waals surface area contributed by atoms with Crippen LogP contribution in [0.5, 0.6) is 5.75 Å². The summed E-state index contributed by atoms with van der Waals surface area (Å²) in [4.78, 5) is 12.7. The third-order valence-corrected chi connectivity index (χ3v) is 11.3. The minimum atomic E-state index is -1.91. The SMILES string of the molecule is CC(C)(C)[Si](C)(C)OCCC(CNC(=O)c1cccc(C#N)c1O)c1ccc(Cl)c(Cl)c1. The number of halogens is 2. The van der Waals surface area contributed by atoms with Crippen molar-refractivity contribution in [1.82, 2.24) is 5.32 Å². The van der Waals surface area contributed by atoms with Crippen LogP contribution in [0.4, 0.5) is 0 Å². The minimum Gasteiger partial charge on any atom is -0.506 e. The number of phenolic OH excluding ortho intramolecular Hbond substituents is 1. The van der Waals surface area contributed by atoms with Gasteiger partial charge in [-0.1, -0.05) is 56.1 Å². The number of nitrogens with zero attached hydrogens (tertiary/aromatic N) is 1. The van der Waals surface area contributed by atoms with Crippen LogP contribution in [0.25, 0.3) is 0 Å². The Kier molecular flexibility index (Phi) is 8.78. The van der Waals surface area contributed by atoms with Crippen molar-refractivity contribution in [3.8, 4) is 11.8 Å². The predicted octanol–water partition coefficient (Wildman–Crippen LogP) is 6.50. The summed E-state index contributed by atoms with van der Waals surface area (Å²) in [7, 11) is -1.91. The van der Waals surface area contributed by atoms with E-state index in [0.717, 1.165) is 5.56 Å². The Balaban J connectivity index is 2.17. The molecule has 0 saturated carbocycles. The van der Waals surface area contributed by atoms with Gasteiger partial charge < -0.3 is 14.8 Å². The molecule has 0 spiro atoms. The van der Waals surface area contributed by atoms with Crippen LogP contribution in [-0.2, 0) is 4.43 Å². The number of para-hydroxylation sites is 1. The third kappa shape index (κ3) is 6.49. The Morgan fingerprint density at radius 2 is 1.91 bits per heavy atom. The summed E-state index contributed by atoms with van der Waals surface area (Å²) in [5.74, 6) is -0.838. The summed E-state index contributed by atoms with van der Waals surface area (Å²) in [6.07, 6.45) is 0.676. The van der Waals surface area contributed by atoms with Crippen LogP contribution < -0.4 is 5.32 Å². The molecule has 1 amide bonds. The molecule has 0 radical (unpaired) electrons. The van der Waals surface area contributed by atoms with Crippen LogP contribution in [0.15, 0.2) is 36.4 Å². The maximum absolute atomic E-state index is 12.7. The van der Waals surface area contributed by atoms with Gasteiger partial charge >= 0.3 is 0 Å². The lowest BCUT2D eigenvalue weighted by Crippen LogP contribution is -2.41. The van der Waals surface area contributed by atoms with E-state index in [1.807, 2.05) is 12.1 Å². The van der Waals surface area contributed by atoms with E-state index in [-0.39, 0.29) is 27.8 Å². The van der Waals surface area contributed by atoms with Crippen LogP contribution in [0.2, 0.25) is 28.2 Å². The molecule has 5 nitrogen and oxygen atoms in total. The van der Waals surface area contributed by atoms with Gasteiger partial charge in [-0.2, -0.15) is 5.26 Å². The highest BCUT2D eigenvalue weighted by Crippen LogP contribution is 2.37. The minimum absolute atomic E-state index is 0.0569. The lowest BCUT2D eigenvalue weighted by Gasteiger charge is -2.36. The van der Waals surface area contributed by atoms with E-state index >= 15 is 0 Å². The molecule has 1 atom stereocenters. The quantitative estimate of drug-likeness (QED) is 0.412. The summed E-state index contributed by atoms with van der Waals surface area (Å²) < 4.78 is 6.33. The molecule has 8 heteroatoms. The number of amides is 1. The number of carbonyl (C=O) groups is 1. The summed E-state index contributed by atoms with van der Waals surface area (Å²) in [6.45, 7) is 11.8. The molecule has 0 fully saturated rings. The van der Waals surface area contributed by atoms with E-state index in [2.05, 4.69) is 39.2 Å². The van der Waals surface area contributed by atoms with Gasteiger partial charge in [0.25, 0.3) is 5.91 Å². The zero-order chi connectivity index (χ0) is 24.1. The fourth-order valence-corrected chi connectivity index (χ4v) is 4.32. The number of hydrogen-bond acceptors (Lipinski definition) is 4. The van der Waals surface area contributed by atoms with Crippen LogP contribution in [-0.4, -0.2) is 32.5 Å². The predicted molar refractivity (Wildman–Crippen MR) is 132 cm³/mol. The van der Waals surface area contributed by atoms with Crippen LogP contribution >= 0.6 is 23.2 Å². The van der Waals surface area contributed by atoms with Gasteiger partial charge in [-0.15, -0.1) is 0 Å². The molecule has 0 aliphatic rings. The highest BCUT2D eigenvalue weighted by molar-refractivity contribution is 6.74. The standard InChI is InChI=1S/C24H30Cl2N2O3Si/c1-24(2,3)32(4,5)31-12-11-18(16-9-10-20(25)21(26)13-16)15-28-23(30)19-8-6-7-17(14-27)22(19)29/h6-10,13,18,29H,11-12,15H2,1-5H3,(H,28,30). The molecule has 0 aliphatic carbocycles. The number of hydrogen-bond donors (Lipinski definition) is 2. The van der Waals surface area contributed by atoms with Crippen LogP contribution in [0.3, 0.4) is 0 Å². The second-order valence-corrected chi connectivity index (χ2v) is 14.9. The Morgan fingerprint density at radius 1 is 1.22 bits per heavy atom. The smallest absolute Gasteiger partial charge is 0.255 e. The number of phenols is 1. The highest BCUT2D eigenvalue weighted by Gasteiger charge is 2.37. The number of nitrogens with one attached hydrogen (secondary N) is 1. The Morgan fingerprint density at radius 3 is 2.50 bits per heavy atom. The van der Waals surface area contributed by atoms with Crippen molar-refractivity contribution >= 4 is 37.4 Å². The molecule has 0 aromatic heterocycles. The van der Waals surface area contributed by atoms with Gasteiger partial charge in [0.15, 0.2) is 8.32 Å². The van der Waals surface area contributed by atoms with Crippen molar-refractivity contribution < 1.29 is 14.3 Å². The van der Waals surface area contributed by atoms with Crippen molar-refractivity contribution in [1.29, 1.82) is 5.26 Å². The molecule has 2 rings (SSSR count). The number of carbonyl (C=O) groups excluding carboxylic acids is 1. The first-order valence-electron chi connectivity index (χ1n) is 10.5. The summed E-state index contributed by atoms with van der Waals surface area (Å²) in [5.41, 5.74) is 1.06. The normalized spacial score (nSPS) is 12.8. The number of benzene rings is 2. The molecule has 2 aromatic carbocycles. The Labute approximate surface area is 201 Å². The lowest BCUT2D eigenvalue weighted by molar-refractivity contribution is 0.0946. The molecule has 2 N–H and O–H groups in total. The molecule has 1 unspecified atom stereocenters. The third-order valence-electron chi connectivity index (χ3n) is 6.06. The van der Waals surface area contributed by atoms with Gasteiger partial charge in [0.2, 0.25) is 0 Å². The van der Waals surface area contributed by atoms with Crippen molar-refractivity contribution in [2.75, 3.05) is 13.2 Å². The molecule has 0 saturated heterocycles. The first kappa shape index (κ1) is 26.2. The van der Waals surface area contributed by atoms with Gasteiger partial charge in [0.05, 0.1) is 21.2 Å². The summed E-state index contributed by atoms with van der Waals surface area (Å²) in [6, 6.07) is 11.8. The van der Waals surface area contributed by atoms with E-state index < -0.39 is 14.2 Å². The maximum Gasteiger partial charge on any atom is 0.255 e. The van der Waals surface area contributed by atoms with E-state index in [1.54, 1.807) is 18.2 Å². The maximum atomic E-state index is 12.7. The average molecular weight is 494 g/mol. The average Bonchev–Trinajstić information content (AvgIpc) is 2.71. The fraction of sp³-hybridized carbons (Fsp3) is 0.417. The molecule has 0 heterocycles. The molecule has 32 heavy (non-hydrogen) atoms.